The molecule has 0 heterocycles. The SMILES string of the molecule is CSc1ccc(SC(C)(C)C(=O)O)cc1. The lowest BCUT2D eigenvalue weighted by Crippen LogP contribution is -2.26. The molecule has 1 rings (SSSR count). The molecule has 0 saturated carbocycles. The molecule has 0 fully saturated rings. The maximum atomic E-state index is 10.9. The monoisotopic (exact) mass is 242 g/mol. The second-order valence-electron chi connectivity index (χ2n) is 3.59. The van der Waals surface area contributed by atoms with Gasteiger partial charge in [-0.3, -0.25) is 4.79 Å². The van der Waals surface area contributed by atoms with Gasteiger partial charge in [0, 0.05) is 9.79 Å². The van der Waals surface area contributed by atoms with Gasteiger partial charge in [0.25, 0.3) is 0 Å². The van der Waals surface area contributed by atoms with E-state index in [4.69, 9.17) is 5.11 Å². The average Bonchev–Trinajstić information content (AvgIpc) is 2.18. The lowest BCUT2D eigenvalue weighted by Gasteiger charge is -2.18. The van der Waals surface area contributed by atoms with Crippen molar-refractivity contribution in [1.82, 2.24) is 0 Å². The Morgan fingerprint density at radius 1 is 1.20 bits per heavy atom. The summed E-state index contributed by atoms with van der Waals surface area (Å²) < 4.78 is -0.777. The van der Waals surface area contributed by atoms with Crippen LogP contribution in [0.25, 0.3) is 0 Å². The van der Waals surface area contributed by atoms with Gasteiger partial charge >= 0.3 is 5.97 Å². The van der Waals surface area contributed by atoms with Gasteiger partial charge in [-0.05, 0) is 44.4 Å². The van der Waals surface area contributed by atoms with Crippen molar-refractivity contribution in [3.05, 3.63) is 24.3 Å². The van der Waals surface area contributed by atoms with Gasteiger partial charge in [-0.15, -0.1) is 23.5 Å². The molecular formula is C11H14O2S2. The number of carbonyl (C=O) groups is 1. The second-order valence-corrected chi connectivity index (χ2v) is 6.17. The third-order valence-corrected chi connectivity index (χ3v) is 3.88. The number of hydrogen-bond donors (Lipinski definition) is 1. The lowest BCUT2D eigenvalue weighted by molar-refractivity contribution is -0.138. The molecular weight excluding hydrogens is 228 g/mol. The van der Waals surface area contributed by atoms with E-state index in [1.807, 2.05) is 30.5 Å². The standard InChI is InChI=1S/C11H14O2S2/c1-11(2,10(12)13)15-9-6-4-8(14-3)5-7-9/h4-7H,1-3H3,(H,12,13). The molecule has 0 aromatic heterocycles. The zero-order chi connectivity index (χ0) is 11.5. The van der Waals surface area contributed by atoms with Crippen molar-refractivity contribution in [3.8, 4) is 0 Å². The number of carboxylic acid groups (broad SMARTS) is 1. The highest BCUT2D eigenvalue weighted by Gasteiger charge is 2.28. The van der Waals surface area contributed by atoms with Crippen LogP contribution in [-0.4, -0.2) is 22.1 Å². The summed E-state index contributed by atoms with van der Waals surface area (Å²) in [4.78, 5) is 13.1. The molecule has 15 heavy (non-hydrogen) atoms. The zero-order valence-corrected chi connectivity index (χ0v) is 10.6. The van der Waals surface area contributed by atoms with Crippen LogP contribution < -0.4 is 0 Å². The molecule has 0 aliphatic heterocycles. The van der Waals surface area contributed by atoms with Crippen molar-refractivity contribution in [2.45, 2.75) is 28.4 Å². The van der Waals surface area contributed by atoms with Crippen LogP contribution in [-0.2, 0) is 4.79 Å². The number of aliphatic carboxylic acids is 1. The Kier molecular flexibility index (Phi) is 4.11. The van der Waals surface area contributed by atoms with Crippen molar-refractivity contribution in [2.75, 3.05) is 6.26 Å². The quantitative estimate of drug-likeness (QED) is 0.821. The summed E-state index contributed by atoms with van der Waals surface area (Å²) in [5.74, 6) is -0.790. The molecule has 0 unspecified atom stereocenters. The molecule has 1 N–H and O–H groups in total. The summed E-state index contributed by atoms with van der Waals surface area (Å²) >= 11 is 3.04. The average molecular weight is 242 g/mol. The normalized spacial score (nSPS) is 11.4. The van der Waals surface area contributed by atoms with E-state index < -0.39 is 10.7 Å². The van der Waals surface area contributed by atoms with Crippen LogP contribution in [0, 0.1) is 0 Å². The third-order valence-electron chi connectivity index (χ3n) is 1.95. The molecule has 4 heteroatoms. The highest BCUT2D eigenvalue weighted by atomic mass is 32.2. The number of hydrogen-bond acceptors (Lipinski definition) is 3. The Labute approximate surface area is 98.5 Å². The molecule has 1 aromatic carbocycles. The molecule has 0 saturated heterocycles. The van der Waals surface area contributed by atoms with Gasteiger partial charge in [0.15, 0.2) is 0 Å². The predicted molar refractivity (Wildman–Crippen MR) is 65.8 cm³/mol. The summed E-state index contributed by atoms with van der Waals surface area (Å²) in [7, 11) is 0. The highest BCUT2D eigenvalue weighted by molar-refractivity contribution is 8.01. The number of rotatable bonds is 4. The first kappa shape index (κ1) is 12.5. The summed E-state index contributed by atoms with van der Waals surface area (Å²) in [6.45, 7) is 3.42. The van der Waals surface area contributed by atoms with E-state index in [9.17, 15) is 4.79 Å². The van der Waals surface area contributed by atoms with Crippen molar-refractivity contribution >= 4 is 29.5 Å². The van der Waals surface area contributed by atoms with Gasteiger partial charge in [-0.25, -0.2) is 0 Å². The summed E-state index contributed by atoms with van der Waals surface area (Å²) in [5, 5.41) is 8.98. The maximum absolute atomic E-state index is 10.9. The summed E-state index contributed by atoms with van der Waals surface area (Å²) in [6.07, 6.45) is 2.02. The molecule has 0 spiro atoms. The molecule has 0 bridgehead atoms. The fourth-order valence-electron chi connectivity index (χ4n) is 0.982. The second kappa shape index (κ2) is 4.94. The van der Waals surface area contributed by atoms with E-state index in [0.29, 0.717) is 0 Å². The van der Waals surface area contributed by atoms with Crippen molar-refractivity contribution < 1.29 is 9.90 Å². The van der Waals surface area contributed by atoms with Crippen LogP contribution in [0.15, 0.2) is 34.1 Å². The van der Waals surface area contributed by atoms with E-state index in [1.165, 1.54) is 16.7 Å². The van der Waals surface area contributed by atoms with Gasteiger partial charge in [-0.1, -0.05) is 0 Å². The minimum atomic E-state index is -0.790. The van der Waals surface area contributed by atoms with Crippen molar-refractivity contribution in [3.63, 3.8) is 0 Å². The molecule has 0 radical (unpaired) electrons. The smallest absolute Gasteiger partial charge is 0.319 e. The Bertz CT molecular complexity index is 344. The van der Waals surface area contributed by atoms with Crippen LogP contribution in [0.1, 0.15) is 13.8 Å². The molecule has 1 aromatic rings. The Morgan fingerprint density at radius 3 is 2.07 bits per heavy atom. The first-order valence-electron chi connectivity index (χ1n) is 4.52. The molecule has 0 aliphatic carbocycles. The van der Waals surface area contributed by atoms with E-state index in [2.05, 4.69) is 0 Å². The van der Waals surface area contributed by atoms with Gasteiger partial charge < -0.3 is 5.11 Å². The number of thioether (sulfide) groups is 2. The van der Waals surface area contributed by atoms with Gasteiger partial charge in [0.1, 0.15) is 4.75 Å². The number of carboxylic acids is 1. The minimum absolute atomic E-state index is 0.777. The largest absolute Gasteiger partial charge is 0.480 e. The number of benzene rings is 1. The Morgan fingerprint density at radius 2 is 1.67 bits per heavy atom. The van der Waals surface area contributed by atoms with E-state index in [0.717, 1.165) is 4.90 Å². The van der Waals surface area contributed by atoms with Crippen molar-refractivity contribution in [2.24, 2.45) is 0 Å². The van der Waals surface area contributed by atoms with Crippen molar-refractivity contribution in [1.29, 1.82) is 0 Å². The first-order chi connectivity index (χ1) is 6.95. The molecule has 0 aliphatic rings. The summed E-state index contributed by atoms with van der Waals surface area (Å²) in [5.41, 5.74) is 0. The molecule has 82 valence electrons. The summed E-state index contributed by atoms with van der Waals surface area (Å²) in [6, 6.07) is 7.93. The van der Waals surface area contributed by atoms with Crippen LogP contribution in [0.2, 0.25) is 0 Å². The fourth-order valence-corrected chi connectivity index (χ4v) is 2.34. The highest BCUT2D eigenvalue weighted by Crippen LogP contribution is 2.33. The van der Waals surface area contributed by atoms with Gasteiger partial charge in [0.05, 0.1) is 0 Å². The predicted octanol–water partition coefficient (Wildman–Crippen LogP) is 3.36. The van der Waals surface area contributed by atoms with Crippen LogP contribution in [0.4, 0.5) is 0 Å². The molecule has 2 nitrogen and oxygen atoms in total. The maximum Gasteiger partial charge on any atom is 0.319 e. The Balaban J connectivity index is 2.77. The Hall–Kier alpha value is -0.610. The molecule has 0 atom stereocenters. The minimum Gasteiger partial charge on any atom is -0.480 e. The van der Waals surface area contributed by atoms with Crippen LogP contribution in [0.3, 0.4) is 0 Å². The molecule has 0 amide bonds. The van der Waals surface area contributed by atoms with E-state index in [1.54, 1.807) is 25.6 Å². The van der Waals surface area contributed by atoms with E-state index in [-0.39, 0.29) is 0 Å². The lowest BCUT2D eigenvalue weighted by atomic mass is 10.2. The van der Waals surface area contributed by atoms with E-state index >= 15 is 0 Å². The van der Waals surface area contributed by atoms with Crippen LogP contribution >= 0.6 is 23.5 Å². The topological polar surface area (TPSA) is 37.3 Å². The van der Waals surface area contributed by atoms with Crippen LogP contribution in [0.5, 0.6) is 0 Å². The fraction of sp³-hybridized carbons (Fsp3) is 0.364. The van der Waals surface area contributed by atoms with Gasteiger partial charge in [-0.2, -0.15) is 0 Å². The third kappa shape index (κ3) is 3.47. The zero-order valence-electron chi connectivity index (χ0n) is 8.98. The first-order valence-corrected chi connectivity index (χ1v) is 6.56. The van der Waals surface area contributed by atoms with Gasteiger partial charge in [0.2, 0.25) is 0 Å².